The van der Waals surface area contributed by atoms with Crippen LogP contribution in [0.25, 0.3) is 0 Å². The highest BCUT2D eigenvalue weighted by Crippen LogP contribution is 2.15. The summed E-state index contributed by atoms with van der Waals surface area (Å²) in [6, 6.07) is 7.75. The maximum Gasteiger partial charge on any atom is 0.251 e. The molecule has 162 valence electrons. The van der Waals surface area contributed by atoms with Crippen LogP contribution in [0, 0.1) is 5.92 Å². The number of guanidine groups is 1. The Morgan fingerprint density at radius 3 is 2.41 bits per heavy atom. The molecule has 1 aliphatic rings. The number of nitrogens with one attached hydrogen (secondary N) is 3. The minimum absolute atomic E-state index is 0.00130. The number of likely N-dealkylation sites (tertiary alicyclic amines) is 1. The first kappa shape index (κ1) is 23.2. The Kier molecular flexibility index (Phi) is 10.6. The molecule has 0 unspecified atom stereocenters. The molecular weight excluding hydrogens is 362 g/mol. The molecule has 2 rings (SSSR count). The Labute approximate surface area is 176 Å². The van der Waals surface area contributed by atoms with Crippen molar-refractivity contribution >= 4 is 11.9 Å². The van der Waals surface area contributed by atoms with E-state index in [0.29, 0.717) is 12.1 Å². The van der Waals surface area contributed by atoms with Crippen molar-refractivity contribution in [2.45, 2.75) is 52.5 Å². The minimum atomic E-state index is -0.00130. The number of amides is 1. The second-order valence-corrected chi connectivity index (χ2v) is 8.04. The van der Waals surface area contributed by atoms with E-state index < -0.39 is 0 Å². The maximum atomic E-state index is 12.1. The van der Waals surface area contributed by atoms with E-state index in [0.717, 1.165) is 56.3 Å². The minimum Gasteiger partial charge on any atom is -0.356 e. The number of carbonyl (C=O) groups excluding carboxylic acids is 1. The second-order valence-electron chi connectivity index (χ2n) is 8.04. The number of rotatable bonds is 10. The van der Waals surface area contributed by atoms with Crippen molar-refractivity contribution in [1.29, 1.82) is 0 Å². The highest BCUT2D eigenvalue weighted by atomic mass is 16.1. The number of carbonyl (C=O) groups is 1. The molecule has 1 heterocycles. The quantitative estimate of drug-likeness (QED) is 0.320. The highest BCUT2D eigenvalue weighted by molar-refractivity contribution is 5.94. The molecule has 6 heteroatoms. The zero-order valence-corrected chi connectivity index (χ0v) is 18.5. The third-order valence-electron chi connectivity index (χ3n) is 5.54. The Morgan fingerprint density at radius 2 is 1.76 bits per heavy atom. The Morgan fingerprint density at radius 1 is 1.07 bits per heavy atom. The lowest BCUT2D eigenvalue weighted by molar-refractivity contribution is 0.0953. The van der Waals surface area contributed by atoms with Crippen molar-refractivity contribution in [2.24, 2.45) is 10.9 Å². The maximum absolute atomic E-state index is 12.1. The van der Waals surface area contributed by atoms with Crippen molar-refractivity contribution in [2.75, 3.05) is 39.8 Å². The highest BCUT2D eigenvalue weighted by Gasteiger charge is 2.14. The summed E-state index contributed by atoms with van der Waals surface area (Å²) in [6.07, 6.45) is 5.87. The predicted octanol–water partition coefficient (Wildman–Crippen LogP) is 3.00. The molecule has 0 atom stereocenters. The van der Waals surface area contributed by atoms with Crippen LogP contribution in [0.3, 0.4) is 0 Å². The molecule has 0 radical (unpaired) electrons. The van der Waals surface area contributed by atoms with E-state index in [-0.39, 0.29) is 5.91 Å². The largest absolute Gasteiger partial charge is 0.356 e. The van der Waals surface area contributed by atoms with Crippen molar-refractivity contribution in [3.8, 4) is 0 Å². The first-order chi connectivity index (χ1) is 14.1. The van der Waals surface area contributed by atoms with Crippen LogP contribution in [0.15, 0.2) is 29.3 Å². The van der Waals surface area contributed by atoms with Gasteiger partial charge in [0.25, 0.3) is 5.91 Å². The summed E-state index contributed by atoms with van der Waals surface area (Å²) >= 11 is 0. The summed E-state index contributed by atoms with van der Waals surface area (Å²) in [6.45, 7) is 10.4. The molecule has 0 spiro atoms. The SMILES string of the molecule is CCCCNC(=O)c1ccc(CNC(=NC)NCCCN2CCC(C)CC2)cc1. The Bertz CT molecular complexity index is 621. The molecule has 6 nitrogen and oxygen atoms in total. The van der Waals surface area contributed by atoms with Gasteiger partial charge in [0.1, 0.15) is 0 Å². The molecule has 1 saturated heterocycles. The van der Waals surface area contributed by atoms with E-state index in [4.69, 9.17) is 0 Å². The molecule has 1 amide bonds. The Hall–Kier alpha value is -2.08. The standard InChI is InChI=1S/C23H39N5O/c1-4-5-13-25-22(29)21-9-7-20(8-10-21)18-27-23(24-3)26-14-6-15-28-16-11-19(2)12-17-28/h7-10,19H,4-6,11-18H2,1-3H3,(H,25,29)(H2,24,26,27). The van der Waals surface area contributed by atoms with Gasteiger partial charge in [0.2, 0.25) is 0 Å². The summed E-state index contributed by atoms with van der Waals surface area (Å²) < 4.78 is 0. The number of nitrogens with zero attached hydrogens (tertiary/aromatic N) is 2. The topological polar surface area (TPSA) is 68.8 Å². The van der Waals surface area contributed by atoms with Gasteiger partial charge in [0.15, 0.2) is 5.96 Å². The number of hydrogen-bond acceptors (Lipinski definition) is 3. The third-order valence-corrected chi connectivity index (χ3v) is 5.54. The van der Waals surface area contributed by atoms with Gasteiger partial charge in [-0.25, -0.2) is 0 Å². The lowest BCUT2D eigenvalue weighted by atomic mass is 9.99. The van der Waals surface area contributed by atoms with Gasteiger partial charge < -0.3 is 20.9 Å². The fourth-order valence-corrected chi connectivity index (χ4v) is 3.46. The van der Waals surface area contributed by atoms with Crippen LogP contribution in [0.4, 0.5) is 0 Å². The summed E-state index contributed by atoms with van der Waals surface area (Å²) in [7, 11) is 1.80. The summed E-state index contributed by atoms with van der Waals surface area (Å²) in [5.74, 6) is 1.70. The molecule has 0 aliphatic carbocycles. The average molecular weight is 402 g/mol. The number of unbranched alkanes of at least 4 members (excludes halogenated alkanes) is 1. The van der Waals surface area contributed by atoms with Crippen LogP contribution in [-0.2, 0) is 6.54 Å². The normalized spacial score (nSPS) is 15.9. The molecular formula is C23H39N5O. The molecule has 1 aromatic carbocycles. The van der Waals surface area contributed by atoms with Crippen LogP contribution in [-0.4, -0.2) is 56.5 Å². The van der Waals surface area contributed by atoms with Gasteiger partial charge in [-0.2, -0.15) is 0 Å². The van der Waals surface area contributed by atoms with E-state index in [2.05, 4.69) is 39.7 Å². The van der Waals surface area contributed by atoms with Crippen LogP contribution in [0.5, 0.6) is 0 Å². The summed E-state index contributed by atoms with van der Waals surface area (Å²) in [4.78, 5) is 18.9. The van der Waals surface area contributed by atoms with Crippen LogP contribution in [0.2, 0.25) is 0 Å². The van der Waals surface area contributed by atoms with Crippen molar-refractivity contribution in [3.05, 3.63) is 35.4 Å². The third kappa shape index (κ3) is 8.86. The van der Waals surface area contributed by atoms with E-state index in [1.165, 1.54) is 25.9 Å². The molecule has 3 N–H and O–H groups in total. The van der Waals surface area contributed by atoms with E-state index in [1.807, 2.05) is 24.3 Å². The molecule has 1 aliphatic heterocycles. The number of benzene rings is 1. The van der Waals surface area contributed by atoms with Gasteiger partial charge in [-0.1, -0.05) is 32.4 Å². The zero-order chi connectivity index (χ0) is 20.9. The lowest BCUT2D eigenvalue weighted by Gasteiger charge is -2.30. The molecule has 0 saturated carbocycles. The molecule has 1 fully saturated rings. The van der Waals surface area contributed by atoms with E-state index >= 15 is 0 Å². The first-order valence-corrected chi connectivity index (χ1v) is 11.2. The second kappa shape index (κ2) is 13.2. The fraction of sp³-hybridized carbons (Fsp3) is 0.652. The Balaban J connectivity index is 1.64. The molecule has 0 bridgehead atoms. The number of aliphatic imine (C=N–C) groups is 1. The van der Waals surface area contributed by atoms with Crippen molar-refractivity contribution < 1.29 is 4.79 Å². The molecule has 1 aromatic rings. The van der Waals surface area contributed by atoms with E-state index in [9.17, 15) is 4.79 Å². The number of hydrogen-bond donors (Lipinski definition) is 3. The van der Waals surface area contributed by atoms with Crippen molar-refractivity contribution in [3.63, 3.8) is 0 Å². The van der Waals surface area contributed by atoms with Gasteiger partial charge in [-0.05, 0) is 68.9 Å². The zero-order valence-electron chi connectivity index (χ0n) is 18.5. The van der Waals surface area contributed by atoms with E-state index in [1.54, 1.807) is 7.05 Å². The van der Waals surface area contributed by atoms with Gasteiger partial charge >= 0.3 is 0 Å². The van der Waals surface area contributed by atoms with Crippen molar-refractivity contribution in [1.82, 2.24) is 20.9 Å². The number of piperidine rings is 1. The van der Waals surface area contributed by atoms with Gasteiger partial charge in [-0.15, -0.1) is 0 Å². The first-order valence-electron chi connectivity index (χ1n) is 11.2. The summed E-state index contributed by atoms with van der Waals surface area (Å²) in [5, 5.41) is 9.69. The van der Waals surface area contributed by atoms with Crippen LogP contribution in [0.1, 0.15) is 61.9 Å². The smallest absolute Gasteiger partial charge is 0.251 e. The van der Waals surface area contributed by atoms with Crippen LogP contribution < -0.4 is 16.0 Å². The fourth-order valence-electron chi connectivity index (χ4n) is 3.46. The monoisotopic (exact) mass is 401 g/mol. The lowest BCUT2D eigenvalue weighted by Crippen LogP contribution is -2.39. The van der Waals surface area contributed by atoms with Gasteiger partial charge in [0.05, 0.1) is 0 Å². The summed E-state index contributed by atoms with van der Waals surface area (Å²) in [5.41, 5.74) is 1.83. The van der Waals surface area contributed by atoms with Gasteiger partial charge in [-0.3, -0.25) is 9.79 Å². The molecule has 29 heavy (non-hydrogen) atoms. The van der Waals surface area contributed by atoms with Gasteiger partial charge in [0, 0.05) is 32.2 Å². The molecule has 0 aromatic heterocycles. The average Bonchev–Trinajstić information content (AvgIpc) is 2.75. The predicted molar refractivity (Wildman–Crippen MR) is 121 cm³/mol. The van der Waals surface area contributed by atoms with Crippen LogP contribution >= 0.6 is 0 Å².